The number of nitrogens with one attached hydrogen (secondary N) is 2. The summed E-state index contributed by atoms with van der Waals surface area (Å²) in [5.74, 6) is -2.17. The zero-order valence-corrected chi connectivity index (χ0v) is 22.7. The highest BCUT2D eigenvalue weighted by Crippen LogP contribution is 2.56. The molecule has 2 aromatic carbocycles. The van der Waals surface area contributed by atoms with Crippen LogP contribution in [-0.4, -0.2) is 42.8 Å². The van der Waals surface area contributed by atoms with Gasteiger partial charge in [-0.1, -0.05) is 62.2 Å². The number of hydrogen-bond acceptors (Lipinski definition) is 3. The van der Waals surface area contributed by atoms with Crippen LogP contribution in [0.25, 0.3) is 0 Å². The quantitative estimate of drug-likeness (QED) is 0.410. The third-order valence-electron chi connectivity index (χ3n) is 6.20. The van der Waals surface area contributed by atoms with Gasteiger partial charge < -0.3 is 15.7 Å². The van der Waals surface area contributed by atoms with Gasteiger partial charge in [-0.25, -0.2) is 18.4 Å². The number of urea groups is 1. The molecule has 0 aliphatic carbocycles. The van der Waals surface area contributed by atoms with E-state index in [1.54, 1.807) is 14.1 Å². The van der Waals surface area contributed by atoms with Gasteiger partial charge >= 0.3 is 12.1 Å². The number of carbonyl (C=O) groups is 2. The highest BCUT2D eigenvalue weighted by Gasteiger charge is 2.60. The van der Waals surface area contributed by atoms with Crippen LogP contribution in [0.5, 0.6) is 0 Å². The minimum absolute atomic E-state index is 0.0122. The highest BCUT2D eigenvalue weighted by molar-refractivity contribution is 6.31. The molecule has 0 bridgehead atoms. The molecule has 0 spiro atoms. The van der Waals surface area contributed by atoms with Crippen LogP contribution < -0.4 is 10.6 Å². The molecule has 37 heavy (non-hydrogen) atoms. The van der Waals surface area contributed by atoms with E-state index in [4.69, 9.17) is 23.2 Å². The molecule has 0 aromatic heterocycles. The van der Waals surface area contributed by atoms with Crippen molar-refractivity contribution in [2.24, 2.45) is 11.3 Å². The van der Waals surface area contributed by atoms with Crippen LogP contribution in [0.3, 0.4) is 0 Å². The van der Waals surface area contributed by atoms with Crippen molar-refractivity contribution in [3.05, 3.63) is 69.2 Å². The van der Waals surface area contributed by atoms with E-state index in [-0.39, 0.29) is 39.2 Å². The number of carboxylic acid groups (broad SMARTS) is 1. The van der Waals surface area contributed by atoms with Crippen molar-refractivity contribution in [3.8, 4) is 6.07 Å². The average molecular weight is 555 g/mol. The van der Waals surface area contributed by atoms with Crippen molar-refractivity contribution in [3.63, 3.8) is 0 Å². The van der Waals surface area contributed by atoms with Crippen molar-refractivity contribution in [1.82, 2.24) is 15.5 Å². The molecule has 1 saturated heterocycles. The Labute approximate surface area is 225 Å². The lowest BCUT2D eigenvalue weighted by molar-refractivity contribution is 0.133. The zero-order chi connectivity index (χ0) is 28.1. The minimum Gasteiger partial charge on any atom is -0.465 e. The molecule has 0 radical (unpaired) electrons. The first-order valence-corrected chi connectivity index (χ1v) is 12.2. The summed E-state index contributed by atoms with van der Waals surface area (Å²) in [5, 5.41) is 25.1. The number of nitriles is 1. The number of benzene rings is 2. The average Bonchev–Trinajstić information content (AvgIpc) is 3.14. The second kappa shape index (κ2) is 12.0. The Hall–Kier alpha value is -3.09. The van der Waals surface area contributed by atoms with E-state index in [1.807, 2.05) is 20.8 Å². The summed E-state index contributed by atoms with van der Waals surface area (Å²) in [6, 6.07) is 8.88. The molecular weight excluding hydrogens is 525 g/mol. The molecule has 3 rings (SSSR count). The molecule has 3 amide bonds. The van der Waals surface area contributed by atoms with Gasteiger partial charge in [-0.05, 0) is 30.0 Å². The number of nitrogens with zero attached hydrogens (tertiary/aromatic N) is 2. The van der Waals surface area contributed by atoms with Crippen molar-refractivity contribution in [1.29, 1.82) is 5.26 Å². The van der Waals surface area contributed by atoms with Crippen LogP contribution in [-0.2, 0) is 5.41 Å². The van der Waals surface area contributed by atoms with Crippen molar-refractivity contribution in [2.45, 2.75) is 38.6 Å². The fourth-order valence-electron chi connectivity index (χ4n) is 4.78. The lowest BCUT2D eigenvalue weighted by atomic mass is 9.63. The molecule has 200 valence electrons. The zero-order valence-electron chi connectivity index (χ0n) is 21.2. The van der Waals surface area contributed by atoms with E-state index < -0.39 is 35.1 Å². The molecule has 1 aliphatic rings. The van der Waals surface area contributed by atoms with E-state index in [0.29, 0.717) is 6.42 Å². The maximum atomic E-state index is 15.2. The fourth-order valence-corrected chi connectivity index (χ4v) is 5.12. The number of likely N-dealkylation sites (tertiary alicyclic amines) is 1. The predicted molar refractivity (Wildman–Crippen MR) is 139 cm³/mol. The number of halogens is 4. The molecule has 2 aromatic rings. The van der Waals surface area contributed by atoms with Crippen LogP contribution in [0.1, 0.15) is 44.4 Å². The summed E-state index contributed by atoms with van der Waals surface area (Å²) in [5.41, 5.74) is -2.07. The molecule has 0 unspecified atom stereocenters. The van der Waals surface area contributed by atoms with Crippen LogP contribution in [0.4, 0.5) is 18.4 Å². The summed E-state index contributed by atoms with van der Waals surface area (Å²) in [6.07, 6.45) is -0.916. The second-order valence-electron chi connectivity index (χ2n) is 9.88. The molecule has 7 nitrogen and oxygen atoms in total. The SMILES string of the molecule is CC(C)(C)C[C@@H]1CN(C(=O)O)[C@H](c2cccc(Cl)c2F)[C@@]1(C#N)c1ccc(Cl)cc1F.CNC(=O)NC. The number of amides is 3. The summed E-state index contributed by atoms with van der Waals surface area (Å²) in [6.45, 7) is 5.79. The molecule has 11 heteroatoms. The van der Waals surface area contributed by atoms with Gasteiger partial charge in [0.05, 0.1) is 17.1 Å². The van der Waals surface area contributed by atoms with E-state index in [1.165, 1.54) is 30.3 Å². The lowest BCUT2D eigenvalue weighted by Gasteiger charge is -2.37. The Morgan fingerprint density at radius 2 is 1.81 bits per heavy atom. The maximum Gasteiger partial charge on any atom is 0.407 e. The van der Waals surface area contributed by atoms with E-state index >= 15 is 8.78 Å². The number of carbonyl (C=O) groups excluding carboxylic acids is 1. The van der Waals surface area contributed by atoms with Crippen LogP contribution in [0, 0.1) is 34.3 Å². The Balaban J connectivity index is 0.000000717. The molecule has 3 N–H and O–H groups in total. The van der Waals surface area contributed by atoms with Crippen molar-refractivity contribution >= 4 is 35.3 Å². The lowest BCUT2D eigenvalue weighted by Crippen LogP contribution is -2.40. The van der Waals surface area contributed by atoms with E-state index in [0.717, 1.165) is 11.0 Å². The van der Waals surface area contributed by atoms with E-state index in [2.05, 4.69) is 16.7 Å². The standard InChI is InChI=1S/C23H22Cl2F2N2O2.C3H8N2O/c1-22(2,3)10-13-11-29(21(30)31)20(15-5-4-6-17(25)19(15)27)23(13,12-28)16-8-7-14(24)9-18(16)26;1-4-3(6)5-2/h4-9,13,20H,10-11H2,1-3H3,(H,30,31);1-2H3,(H2,4,5,6)/t13-,20-,23-;/m1./s1. The maximum absolute atomic E-state index is 15.2. The predicted octanol–water partition coefficient (Wildman–Crippen LogP) is 6.37. The molecule has 3 atom stereocenters. The van der Waals surface area contributed by atoms with Crippen LogP contribution >= 0.6 is 23.2 Å². The van der Waals surface area contributed by atoms with Gasteiger partial charge in [-0.2, -0.15) is 5.26 Å². The molecule has 0 saturated carbocycles. The largest absolute Gasteiger partial charge is 0.465 e. The Bertz CT molecular complexity index is 1190. The number of hydrogen-bond donors (Lipinski definition) is 3. The van der Waals surface area contributed by atoms with Crippen molar-refractivity contribution in [2.75, 3.05) is 20.6 Å². The number of rotatable bonds is 3. The smallest absolute Gasteiger partial charge is 0.407 e. The van der Waals surface area contributed by atoms with E-state index in [9.17, 15) is 20.0 Å². The fraction of sp³-hybridized carbons (Fsp3) is 0.423. The highest BCUT2D eigenvalue weighted by atomic mass is 35.5. The molecule has 1 heterocycles. The summed E-state index contributed by atoms with van der Waals surface area (Å²) in [4.78, 5) is 23.2. The molecule has 1 fully saturated rings. The van der Waals surface area contributed by atoms with Crippen molar-refractivity contribution < 1.29 is 23.5 Å². The monoisotopic (exact) mass is 554 g/mol. The van der Waals surface area contributed by atoms with Gasteiger partial charge in [0.25, 0.3) is 0 Å². The summed E-state index contributed by atoms with van der Waals surface area (Å²) in [7, 11) is 3.14. The normalized spacial score (nSPS) is 20.9. The van der Waals surface area contributed by atoms with Crippen LogP contribution in [0.2, 0.25) is 10.0 Å². The summed E-state index contributed by atoms with van der Waals surface area (Å²) >= 11 is 11.9. The summed E-state index contributed by atoms with van der Waals surface area (Å²) < 4.78 is 30.4. The minimum atomic E-state index is -1.69. The van der Waals surface area contributed by atoms with Crippen LogP contribution in [0.15, 0.2) is 36.4 Å². The molecule has 1 aliphatic heterocycles. The third-order valence-corrected chi connectivity index (χ3v) is 6.73. The Morgan fingerprint density at radius 3 is 2.27 bits per heavy atom. The van der Waals surface area contributed by atoms with Gasteiger partial charge in [0, 0.05) is 42.7 Å². The first kappa shape index (κ1) is 30.1. The van der Waals surface area contributed by atoms with Gasteiger partial charge in [0.15, 0.2) is 0 Å². The van der Waals surface area contributed by atoms with Gasteiger partial charge in [0.2, 0.25) is 0 Å². The van der Waals surface area contributed by atoms with Gasteiger partial charge in [-0.3, -0.25) is 4.90 Å². The first-order valence-electron chi connectivity index (χ1n) is 11.4. The topological polar surface area (TPSA) is 105 Å². The first-order chi connectivity index (χ1) is 17.2. The van der Waals surface area contributed by atoms with Gasteiger partial charge in [0.1, 0.15) is 17.0 Å². The Kier molecular flexibility index (Phi) is 9.75. The molecular formula is C26H30Cl2F2N4O3. The third kappa shape index (κ3) is 6.43. The second-order valence-corrected chi connectivity index (χ2v) is 10.7. The van der Waals surface area contributed by atoms with Gasteiger partial charge in [-0.15, -0.1) is 0 Å². The Morgan fingerprint density at radius 1 is 1.19 bits per heavy atom.